The van der Waals surface area contributed by atoms with E-state index >= 15 is 0 Å². The molecule has 0 unspecified atom stereocenters. The minimum Gasteiger partial charge on any atom is -0.365 e. The maximum Gasteiger partial charge on any atom is 0.256 e. The summed E-state index contributed by atoms with van der Waals surface area (Å²) in [5, 5.41) is 6.22. The predicted molar refractivity (Wildman–Crippen MR) is 88.3 cm³/mol. The Kier molecular flexibility index (Phi) is 5.49. The Labute approximate surface area is 138 Å². The largest absolute Gasteiger partial charge is 0.365 e. The van der Waals surface area contributed by atoms with Gasteiger partial charge in [0.2, 0.25) is 11.8 Å². The molecule has 0 spiro atoms. The van der Waals surface area contributed by atoms with E-state index in [4.69, 9.17) is 10.3 Å². The van der Waals surface area contributed by atoms with E-state index in [0.717, 1.165) is 12.8 Å². The molecule has 0 saturated carbocycles. The number of rotatable bonds is 7. The van der Waals surface area contributed by atoms with Crippen LogP contribution in [0.2, 0.25) is 0 Å². The number of nitrogens with two attached hydrogens (primary N) is 1. The Morgan fingerprint density at radius 3 is 2.70 bits per heavy atom. The number of carbonyl (C=O) groups is 2. The lowest BCUT2D eigenvalue weighted by molar-refractivity contribution is -0.119. The molecule has 0 aliphatic heterocycles. The number of anilines is 1. The van der Waals surface area contributed by atoms with Crippen molar-refractivity contribution in [3.05, 3.63) is 17.1 Å². The van der Waals surface area contributed by atoms with Gasteiger partial charge in [0.05, 0.1) is 0 Å². The number of unbranched alkanes of at least 4 members (excludes halogenated alkanes) is 1. The number of hydrogen-bond donors (Lipinski definition) is 1. The number of nitrogens with zero attached hydrogens (tertiary/aromatic N) is 3. The number of primary amides is 1. The molecular weight excluding hydrogens is 316 g/mol. The summed E-state index contributed by atoms with van der Waals surface area (Å²) < 4.78 is 5.33. The molecule has 0 saturated heterocycles. The van der Waals surface area contributed by atoms with Crippen LogP contribution >= 0.6 is 11.3 Å². The average Bonchev–Trinajstić information content (AvgIpc) is 3.13. The molecule has 0 aliphatic rings. The van der Waals surface area contributed by atoms with Crippen LogP contribution in [-0.2, 0) is 4.79 Å². The lowest BCUT2D eigenvalue weighted by Gasteiger charge is -2.24. The molecular formula is C15H20N4O3S. The number of aromatic nitrogens is 2. The minimum atomic E-state index is -0.694. The van der Waals surface area contributed by atoms with Crippen molar-refractivity contribution < 1.29 is 14.1 Å². The Hall–Kier alpha value is -2.22. The third kappa shape index (κ3) is 3.58. The van der Waals surface area contributed by atoms with Crippen molar-refractivity contribution >= 4 is 29.0 Å². The standard InChI is InChI=1S/C15H20N4O3S/c1-4-5-6-10(20)19(9(2)3)15-11(13(16)21)12(18-22-15)14-17-7-8-23-14/h7-9H,4-6H2,1-3H3,(H2,16,21). The molecule has 0 fully saturated rings. The van der Waals surface area contributed by atoms with Gasteiger partial charge in [0, 0.05) is 24.0 Å². The number of carbonyl (C=O) groups excluding carboxylic acids is 2. The maximum atomic E-state index is 12.5. The van der Waals surface area contributed by atoms with Crippen LogP contribution in [0.5, 0.6) is 0 Å². The molecule has 2 rings (SSSR count). The van der Waals surface area contributed by atoms with E-state index in [-0.39, 0.29) is 29.1 Å². The van der Waals surface area contributed by atoms with Crippen molar-refractivity contribution in [2.45, 2.75) is 46.1 Å². The zero-order valence-corrected chi connectivity index (χ0v) is 14.2. The van der Waals surface area contributed by atoms with E-state index in [9.17, 15) is 9.59 Å². The first-order valence-corrected chi connectivity index (χ1v) is 8.36. The molecule has 0 aromatic carbocycles. The predicted octanol–water partition coefficient (Wildman–Crippen LogP) is 2.83. The van der Waals surface area contributed by atoms with Crippen molar-refractivity contribution in [1.82, 2.24) is 10.1 Å². The first-order valence-electron chi connectivity index (χ1n) is 7.48. The molecule has 0 atom stereocenters. The second kappa shape index (κ2) is 7.36. The third-order valence-electron chi connectivity index (χ3n) is 3.30. The van der Waals surface area contributed by atoms with Crippen LogP contribution in [0.4, 0.5) is 5.88 Å². The highest BCUT2D eigenvalue weighted by atomic mass is 32.1. The highest BCUT2D eigenvalue weighted by Gasteiger charge is 2.31. The molecule has 8 heteroatoms. The monoisotopic (exact) mass is 336 g/mol. The van der Waals surface area contributed by atoms with Gasteiger partial charge in [0.25, 0.3) is 5.91 Å². The van der Waals surface area contributed by atoms with Crippen molar-refractivity contribution in [3.63, 3.8) is 0 Å². The summed E-state index contributed by atoms with van der Waals surface area (Å²) in [5.74, 6) is -0.717. The lowest BCUT2D eigenvalue weighted by atomic mass is 10.1. The average molecular weight is 336 g/mol. The summed E-state index contributed by atoms with van der Waals surface area (Å²) in [6, 6.07) is -0.186. The summed E-state index contributed by atoms with van der Waals surface area (Å²) >= 11 is 1.32. The van der Waals surface area contributed by atoms with E-state index in [2.05, 4.69) is 10.1 Å². The Morgan fingerprint density at radius 1 is 1.43 bits per heavy atom. The summed E-state index contributed by atoms with van der Waals surface area (Å²) in [6.07, 6.45) is 3.65. The van der Waals surface area contributed by atoms with Crippen LogP contribution in [0.1, 0.15) is 50.4 Å². The fraction of sp³-hybridized carbons (Fsp3) is 0.467. The molecule has 2 amide bonds. The van der Waals surface area contributed by atoms with Crippen molar-refractivity contribution in [3.8, 4) is 10.7 Å². The zero-order chi connectivity index (χ0) is 17.0. The third-order valence-corrected chi connectivity index (χ3v) is 4.08. The number of hydrogen-bond acceptors (Lipinski definition) is 6. The van der Waals surface area contributed by atoms with Gasteiger partial charge in [0.15, 0.2) is 5.69 Å². The zero-order valence-electron chi connectivity index (χ0n) is 13.4. The van der Waals surface area contributed by atoms with Crippen molar-refractivity contribution in [1.29, 1.82) is 0 Å². The second-order valence-corrected chi connectivity index (χ2v) is 6.27. The topological polar surface area (TPSA) is 102 Å². The van der Waals surface area contributed by atoms with Gasteiger partial charge in [-0.2, -0.15) is 0 Å². The molecule has 0 aliphatic carbocycles. The molecule has 7 nitrogen and oxygen atoms in total. The van der Waals surface area contributed by atoms with Crippen molar-refractivity contribution in [2.24, 2.45) is 5.73 Å². The Bertz CT molecular complexity index is 679. The molecule has 2 aromatic rings. The van der Waals surface area contributed by atoms with Crippen LogP contribution in [0, 0.1) is 0 Å². The van der Waals surface area contributed by atoms with Crippen LogP contribution in [0.3, 0.4) is 0 Å². The van der Waals surface area contributed by atoms with Gasteiger partial charge in [-0.1, -0.05) is 18.5 Å². The van der Waals surface area contributed by atoms with Crippen LogP contribution in [0.25, 0.3) is 10.7 Å². The quantitative estimate of drug-likeness (QED) is 0.837. The van der Waals surface area contributed by atoms with Gasteiger partial charge in [-0.15, -0.1) is 11.3 Å². The number of thiazole rings is 1. The fourth-order valence-corrected chi connectivity index (χ4v) is 2.86. The first-order chi connectivity index (χ1) is 11.0. The van der Waals surface area contributed by atoms with Gasteiger partial charge in [-0.05, 0) is 20.3 Å². The summed E-state index contributed by atoms with van der Waals surface area (Å²) in [4.78, 5) is 30.0. The molecule has 0 radical (unpaired) electrons. The molecule has 2 aromatic heterocycles. The van der Waals surface area contributed by atoms with Gasteiger partial charge < -0.3 is 10.3 Å². The normalized spacial score (nSPS) is 11.0. The van der Waals surface area contributed by atoms with Gasteiger partial charge >= 0.3 is 0 Å². The van der Waals surface area contributed by atoms with E-state index in [1.54, 1.807) is 11.6 Å². The molecule has 23 heavy (non-hydrogen) atoms. The maximum absolute atomic E-state index is 12.5. The Morgan fingerprint density at radius 2 is 2.17 bits per heavy atom. The summed E-state index contributed by atoms with van der Waals surface area (Å²) in [6.45, 7) is 5.71. The summed E-state index contributed by atoms with van der Waals surface area (Å²) in [5.41, 5.74) is 5.87. The fourth-order valence-electron chi connectivity index (χ4n) is 2.24. The molecule has 0 bridgehead atoms. The van der Waals surface area contributed by atoms with E-state index in [1.165, 1.54) is 16.2 Å². The number of amides is 2. The molecule has 2 heterocycles. The summed E-state index contributed by atoms with van der Waals surface area (Å²) in [7, 11) is 0. The smallest absolute Gasteiger partial charge is 0.256 e. The van der Waals surface area contributed by atoms with E-state index in [0.29, 0.717) is 11.4 Å². The van der Waals surface area contributed by atoms with Gasteiger partial charge in [-0.3, -0.25) is 14.5 Å². The highest BCUT2D eigenvalue weighted by molar-refractivity contribution is 7.13. The second-order valence-electron chi connectivity index (χ2n) is 5.37. The van der Waals surface area contributed by atoms with Gasteiger partial charge in [0.1, 0.15) is 10.6 Å². The van der Waals surface area contributed by atoms with Crippen LogP contribution in [-0.4, -0.2) is 28.0 Å². The van der Waals surface area contributed by atoms with E-state index < -0.39 is 5.91 Å². The minimum absolute atomic E-state index is 0.0958. The lowest BCUT2D eigenvalue weighted by Crippen LogP contribution is -2.38. The van der Waals surface area contributed by atoms with Gasteiger partial charge in [-0.25, -0.2) is 4.98 Å². The van der Waals surface area contributed by atoms with Crippen molar-refractivity contribution in [2.75, 3.05) is 4.90 Å². The Balaban J connectivity index is 2.48. The molecule has 124 valence electrons. The van der Waals surface area contributed by atoms with Crippen LogP contribution < -0.4 is 10.6 Å². The first kappa shape index (κ1) is 17.1. The van der Waals surface area contributed by atoms with Crippen LogP contribution in [0.15, 0.2) is 16.1 Å². The SMILES string of the molecule is CCCCC(=O)N(c1onc(-c2nccs2)c1C(N)=O)C(C)C. The molecule has 2 N–H and O–H groups in total. The highest BCUT2D eigenvalue weighted by Crippen LogP contribution is 2.33. The van der Waals surface area contributed by atoms with E-state index in [1.807, 2.05) is 20.8 Å².